The van der Waals surface area contributed by atoms with Gasteiger partial charge in [-0.3, -0.25) is 9.59 Å². The minimum Gasteiger partial charge on any atom is -0.511 e. The molecule has 7 bridgehead atoms. The van der Waals surface area contributed by atoms with Crippen molar-refractivity contribution in [1.29, 1.82) is 0 Å². The Morgan fingerprint density at radius 1 is 1.13 bits per heavy atom. The number of benzene rings is 1. The molecule has 45 heavy (non-hydrogen) atoms. The minimum atomic E-state index is -2.14. The van der Waals surface area contributed by atoms with Crippen LogP contribution < -0.4 is 15.4 Å². The molecule has 11 nitrogen and oxygen atoms in total. The summed E-state index contributed by atoms with van der Waals surface area (Å²) < 4.78 is 12.3. The lowest BCUT2D eigenvalue weighted by Gasteiger charge is -2.59. The van der Waals surface area contributed by atoms with Gasteiger partial charge in [-0.25, -0.2) is 0 Å². The molecule has 3 heterocycles. The van der Waals surface area contributed by atoms with Crippen molar-refractivity contribution < 1.29 is 44.6 Å². The average molecular weight is 657 g/mol. The Balaban J connectivity index is 1.37. The van der Waals surface area contributed by atoms with Crippen molar-refractivity contribution in [2.45, 2.75) is 55.9 Å². The summed E-state index contributed by atoms with van der Waals surface area (Å²) in [5.74, 6) is -1.42. The van der Waals surface area contributed by atoms with Crippen molar-refractivity contribution in [3.8, 4) is 5.75 Å². The standard InChI is InChI=1S/C32H36N2O9S2/c1-16-9-20-25(37)19-3-2-4-21-24(19)26(38)31(20,22(36)10-16)14-44-45-15-34-23-12-17(6-8-33-23)11-18-5-7-30(13-35)29(40)32(18,41)27(39)28(42-21)43-30/h2-4,6,9-10,12,18,20,27-29,33-36,39-41H,5,7-8,11,13-15H2,1H3/t18-,20-,27+,28-,29-,30-,31+,32-/m1/s1. The average Bonchev–Trinajstić information content (AvgIpc) is 3.02. The maximum Gasteiger partial charge on any atom is 0.229 e. The van der Waals surface area contributed by atoms with Gasteiger partial charge < -0.3 is 45.6 Å². The quantitative estimate of drug-likeness (QED) is 0.219. The van der Waals surface area contributed by atoms with E-state index in [1.807, 2.05) is 12.2 Å². The lowest BCUT2D eigenvalue weighted by atomic mass is 9.60. The number of carbonyl (C=O) groups excluding carboxylic acids is 2. The molecule has 3 aliphatic carbocycles. The van der Waals surface area contributed by atoms with Gasteiger partial charge in [-0.15, -0.1) is 0 Å². The highest BCUT2D eigenvalue weighted by molar-refractivity contribution is 8.76. The van der Waals surface area contributed by atoms with Crippen LogP contribution in [0.15, 0.2) is 65.2 Å². The fourth-order valence-electron chi connectivity index (χ4n) is 7.77. The highest BCUT2D eigenvalue weighted by Crippen LogP contribution is 2.54. The normalized spacial score (nSPS) is 39.4. The van der Waals surface area contributed by atoms with Crippen LogP contribution in [0.1, 0.15) is 46.9 Å². The first-order valence-corrected chi connectivity index (χ1v) is 17.5. The van der Waals surface area contributed by atoms with E-state index >= 15 is 0 Å². The van der Waals surface area contributed by atoms with Crippen molar-refractivity contribution >= 4 is 33.2 Å². The summed E-state index contributed by atoms with van der Waals surface area (Å²) in [5, 5.41) is 63.8. The van der Waals surface area contributed by atoms with E-state index in [0.717, 1.165) is 11.4 Å². The lowest BCUT2D eigenvalue weighted by molar-refractivity contribution is -0.376. The van der Waals surface area contributed by atoms with Crippen LogP contribution in [0.5, 0.6) is 5.75 Å². The van der Waals surface area contributed by atoms with E-state index in [1.165, 1.54) is 39.8 Å². The zero-order valence-corrected chi connectivity index (χ0v) is 26.2. The van der Waals surface area contributed by atoms with Crippen molar-refractivity contribution in [3.05, 3.63) is 76.4 Å². The zero-order valence-electron chi connectivity index (χ0n) is 24.6. The molecule has 240 valence electrons. The van der Waals surface area contributed by atoms with Crippen LogP contribution in [-0.4, -0.2) is 91.6 Å². The molecule has 0 aromatic heterocycles. The molecular formula is C32H36N2O9S2. The number of carbonyl (C=O) groups is 2. The number of hydrogen-bond donors (Lipinski definition) is 7. The molecule has 8 atom stereocenters. The van der Waals surface area contributed by atoms with Crippen LogP contribution >= 0.6 is 21.6 Å². The maximum absolute atomic E-state index is 14.6. The van der Waals surface area contributed by atoms with Gasteiger partial charge in [0, 0.05) is 17.9 Å². The predicted molar refractivity (Wildman–Crippen MR) is 167 cm³/mol. The first-order chi connectivity index (χ1) is 21.5. The number of Topliss-reactive ketones (excluding diaryl/α,β-unsaturated/α-hetero) is 2. The first-order valence-electron chi connectivity index (χ1n) is 15.0. The van der Waals surface area contributed by atoms with Gasteiger partial charge >= 0.3 is 0 Å². The van der Waals surface area contributed by atoms with Crippen LogP contribution in [0, 0.1) is 17.3 Å². The monoisotopic (exact) mass is 656 g/mol. The van der Waals surface area contributed by atoms with E-state index in [9.17, 15) is 35.1 Å². The van der Waals surface area contributed by atoms with Gasteiger partial charge in [-0.2, -0.15) is 0 Å². The number of aliphatic hydroxyl groups is 5. The van der Waals surface area contributed by atoms with Gasteiger partial charge in [0.25, 0.3) is 0 Å². The van der Waals surface area contributed by atoms with Gasteiger partial charge in [-0.05, 0) is 55.9 Å². The van der Waals surface area contributed by atoms with Gasteiger partial charge in [-0.1, -0.05) is 51.4 Å². The first kappa shape index (κ1) is 30.9. The molecule has 0 radical (unpaired) electrons. The fraction of sp³-hybridized carbons (Fsp3) is 0.500. The summed E-state index contributed by atoms with van der Waals surface area (Å²) in [5.41, 5.74) is -3.74. The van der Waals surface area contributed by atoms with E-state index in [2.05, 4.69) is 10.6 Å². The number of nitrogens with one attached hydrogen (secondary N) is 2. The van der Waals surface area contributed by atoms with Gasteiger partial charge in [0.05, 0.1) is 29.8 Å². The summed E-state index contributed by atoms with van der Waals surface area (Å²) in [7, 11) is 2.81. The SMILES string of the molecule is CC1=C[C@@H]2C(=O)c3cccc4c3C(=O)[C@]2(CSSCNC2=CC(=CCN2)C[C@H]2CC[C@]3(CO)O[C@@H](O4)[C@H](O)[C@@]2(O)[C@@H]3O)C(O)=C1. The molecule has 1 spiro atoms. The smallest absolute Gasteiger partial charge is 0.229 e. The Morgan fingerprint density at radius 2 is 1.96 bits per heavy atom. The van der Waals surface area contributed by atoms with Crippen LogP contribution in [0.3, 0.4) is 0 Å². The van der Waals surface area contributed by atoms with E-state index in [1.54, 1.807) is 19.1 Å². The summed E-state index contributed by atoms with van der Waals surface area (Å²) in [6, 6.07) is 4.57. The summed E-state index contributed by atoms with van der Waals surface area (Å²) in [6.45, 7) is 1.64. The number of dihydropyridines is 1. The van der Waals surface area contributed by atoms with Crippen molar-refractivity contribution in [2.75, 3.05) is 24.8 Å². The third kappa shape index (κ3) is 4.54. The molecule has 1 saturated carbocycles. The van der Waals surface area contributed by atoms with Crippen LogP contribution in [-0.2, 0) is 4.74 Å². The molecular weight excluding hydrogens is 620 g/mol. The largest absolute Gasteiger partial charge is 0.511 e. The molecule has 1 aromatic rings. The molecule has 0 unspecified atom stereocenters. The number of hydrogen-bond acceptors (Lipinski definition) is 13. The van der Waals surface area contributed by atoms with Crippen LogP contribution in [0.2, 0.25) is 0 Å². The van der Waals surface area contributed by atoms with E-state index < -0.39 is 59.3 Å². The van der Waals surface area contributed by atoms with E-state index in [0.29, 0.717) is 30.8 Å². The molecule has 7 N–H and O–H groups in total. The van der Waals surface area contributed by atoms with Gasteiger partial charge in [0.1, 0.15) is 40.3 Å². The second kappa shape index (κ2) is 11.2. The zero-order chi connectivity index (χ0) is 31.7. The van der Waals surface area contributed by atoms with E-state index in [4.69, 9.17) is 9.47 Å². The second-order valence-corrected chi connectivity index (χ2v) is 15.1. The maximum atomic E-state index is 14.6. The number of ether oxygens (including phenoxy) is 2. The number of aliphatic hydroxyl groups excluding tert-OH is 4. The third-order valence-corrected chi connectivity index (χ3v) is 12.5. The number of ketones is 2. The molecule has 7 rings (SSSR count). The van der Waals surface area contributed by atoms with E-state index in [-0.39, 0.29) is 40.6 Å². The third-order valence-electron chi connectivity index (χ3n) is 10.2. The molecule has 6 aliphatic rings. The Morgan fingerprint density at radius 3 is 2.76 bits per heavy atom. The van der Waals surface area contributed by atoms with Crippen molar-refractivity contribution in [3.63, 3.8) is 0 Å². The number of rotatable bonds is 1. The molecule has 1 saturated heterocycles. The molecule has 0 amide bonds. The van der Waals surface area contributed by atoms with Gasteiger partial charge in [0.15, 0.2) is 11.6 Å². The Kier molecular flexibility index (Phi) is 7.67. The Hall–Kier alpha value is -2.78. The number of fused-ring (bicyclic) bond motifs is 3. The molecule has 3 aliphatic heterocycles. The second-order valence-electron chi connectivity index (χ2n) is 12.7. The summed E-state index contributed by atoms with van der Waals surface area (Å²) in [4.78, 5) is 28.7. The number of allylic oxidation sites excluding steroid dienone is 6. The highest BCUT2D eigenvalue weighted by Gasteiger charge is 2.68. The molecule has 2 fully saturated rings. The van der Waals surface area contributed by atoms with Crippen LogP contribution in [0.25, 0.3) is 0 Å². The lowest BCUT2D eigenvalue weighted by Crippen LogP contribution is -2.77. The Bertz CT molecular complexity index is 1580. The fourth-order valence-corrected chi connectivity index (χ4v) is 10.0. The highest BCUT2D eigenvalue weighted by atomic mass is 33.1. The summed E-state index contributed by atoms with van der Waals surface area (Å²) in [6.07, 6.45) is 2.97. The minimum absolute atomic E-state index is 0.0563. The summed E-state index contributed by atoms with van der Waals surface area (Å²) >= 11 is 0. The predicted octanol–water partition coefficient (Wildman–Crippen LogP) is 2.10. The van der Waals surface area contributed by atoms with Crippen LogP contribution in [0.4, 0.5) is 0 Å². The van der Waals surface area contributed by atoms with Gasteiger partial charge in [0.2, 0.25) is 6.29 Å². The molecule has 1 aromatic carbocycles. The Labute approximate surface area is 267 Å². The molecule has 13 heteroatoms. The topological polar surface area (TPSA) is 178 Å². The van der Waals surface area contributed by atoms with Crippen molar-refractivity contribution in [1.82, 2.24) is 10.6 Å². The van der Waals surface area contributed by atoms with Crippen molar-refractivity contribution in [2.24, 2.45) is 17.3 Å².